The minimum Gasteiger partial charge on any atom is -0.456 e. The van der Waals surface area contributed by atoms with Crippen LogP contribution in [0.2, 0.25) is 0 Å². The average Bonchev–Trinajstić information content (AvgIpc) is 4.11. The van der Waals surface area contributed by atoms with Gasteiger partial charge in [0.25, 0.3) is 0 Å². The van der Waals surface area contributed by atoms with Crippen molar-refractivity contribution in [3.63, 3.8) is 0 Å². The summed E-state index contributed by atoms with van der Waals surface area (Å²) < 4.78 is 11.5. The average molecular weight is 880 g/mol. The summed E-state index contributed by atoms with van der Waals surface area (Å²) in [5.74, 6) is 1.87. The number of fused-ring (bicyclic) bond motifs is 12. The van der Waals surface area contributed by atoms with Gasteiger partial charge in [0.05, 0.1) is 0 Å². The van der Waals surface area contributed by atoms with Crippen LogP contribution in [0.15, 0.2) is 192 Å². The van der Waals surface area contributed by atoms with Gasteiger partial charge < -0.3 is 4.42 Å². The van der Waals surface area contributed by atoms with Gasteiger partial charge in [-0.25, -0.2) is 15.0 Å². The molecule has 0 unspecified atom stereocenters. The third kappa shape index (κ3) is 5.59. The fourth-order valence-corrected chi connectivity index (χ4v) is 13.0. The lowest BCUT2D eigenvalue weighted by molar-refractivity contribution is 0.662. The molecule has 4 aromatic heterocycles. The number of nitrogens with zero attached hydrogens (tertiary/aromatic N) is 3. The summed E-state index contributed by atoms with van der Waals surface area (Å²) in [7, 11) is 0. The molecular formula is C60H37N3OS2. The van der Waals surface area contributed by atoms with Crippen LogP contribution in [-0.4, -0.2) is 15.0 Å². The predicted octanol–water partition coefficient (Wildman–Crippen LogP) is 17.1. The van der Waals surface area contributed by atoms with Gasteiger partial charge in [0.15, 0.2) is 17.5 Å². The summed E-state index contributed by atoms with van der Waals surface area (Å²) in [5.41, 5.74) is 14.5. The van der Waals surface area contributed by atoms with E-state index in [1.165, 1.54) is 68.3 Å². The summed E-state index contributed by atoms with van der Waals surface area (Å²) in [6, 6.07) is 67.6. The van der Waals surface area contributed by atoms with Crippen LogP contribution in [0.1, 0.15) is 25.0 Å². The van der Waals surface area contributed by atoms with Crippen molar-refractivity contribution in [3.8, 4) is 67.5 Å². The molecule has 0 amide bonds. The van der Waals surface area contributed by atoms with Crippen LogP contribution in [0.5, 0.6) is 0 Å². The highest BCUT2D eigenvalue weighted by Gasteiger charge is 2.37. The Morgan fingerprint density at radius 1 is 0.364 bits per heavy atom. The van der Waals surface area contributed by atoms with E-state index >= 15 is 0 Å². The van der Waals surface area contributed by atoms with E-state index in [4.69, 9.17) is 19.4 Å². The first kappa shape index (κ1) is 37.6. The standard InChI is InChI=1S/C60H37N3OS2/c1-60(2)47-22-6-3-15-39(47)42-19-10-18-38(56(42)60)36-14-9-13-34(31-36)35-28-30-48-46(32-35)54-44(20-11-23-49(54)64-48)58-61-57(37-27-29-41-40-16-4-7-24-50(40)66-53(41)33-37)62-59(63-58)45-21-12-26-52-55(45)43-17-5-8-25-51(43)65-52/h3-33H,1-2H3. The monoisotopic (exact) mass is 879 g/mol. The van der Waals surface area contributed by atoms with E-state index in [-0.39, 0.29) is 5.41 Å². The van der Waals surface area contributed by atoms with Gasteiger partial charge in [-0.1, -0.05) is 153 Å². The lowest BCUT2D eigenvalue weighted by atomic mass is 9.78. The van der Waals surface area contributed by atoms with E-state index in [0.717, 1.165) is 55.1 Å². The number of furan rings is 1. The summed E-state index contributed by atoms with van der Waals surface area (Å²) in [4.78, 5) is 16.1. The summed E-state index contributed by atoms with van der Waals surface area (Å²) in [5, 5.41) is 6.86. The molecule has 0 saturated carbocycles. The molecule has 0 atom stereocenters. The van der Waals surface area contributed by atoms with Crippen molar-refractivity contribution in [2.75, 3.05) is 0 Å². The molecule has 6 heteroatoms. The van der Waals surface area contributed by atoms with Crippen LogP contribution in [0.25, 0.3) is 130 Å². The number of aromatic nitrogens is 3. The fourth-order valence-electron chi connectivity index (χ4n) is 10.7. The number of hydrogen-bond donors (Lipinski definition) is 0. The zero-order valence-electron chi connectivity index (χ0n) is 36.0. The molecule has 0 N–H and O–H groups in total. The first-order valence-corrected chi connectivity index (χ1v) is 24.0. The third-order valence-corrected chi connectivity index (χ3v) is 16.0. The van der Waals surface area contributed by atoms with Gasteiger partial charge in [-0.05, 0) is 93.0 Å². The molecule has 66 heavy (non-hydrogen) atoms. The number of rotatable bonds is 5. The van der Waals surface area contributed by atoms with E-state index in [0.29, 0.717) is 17.5 Å². The first-order chi connectivity index (χ1) is 32.4. The molecule has 9 aromatic carbocycles. The Morgan fingerprint density at radius 3 is 1.83 bits per heavy atom. The van der Waals surface area contributed by atoms with E-state index in [9.17, 15) is 0 Å². The Hall–Kier alpha value is -7.77. The molecule has 0 bridgehead atoms. The molecule has 0 saturated heterocycles. The number of thiophene rings is 2. The topological polar surface area (TPSA) is 51.8 Å². The van der Waals surface area contributed by atoms with Crippen LogP contribution in [-0.2, 0) is 5.41 Å². The Morgan fingerprint density at radius 2 is 0.955 bits per heavy atom. The largest absolute Gasteiger partial charge is 0.456 e. The smallest absolute Gasteiger partial charge is 0.164 e. The molecule has 0 radical (unpaired) electrons. The second-order valence-electron chi connectivity index (χ2n) is 17.9. The zero-order valence-corrected chi connectivity index (χ0v) is 37.6. The van der Waals surface area contributed by atoms with E-state index in [1.54, 1.807) is 22.7 Å². The minimum atomic E-state index is -0.117. The van der Waals surface area contributed by atoms with Gasteiger partial charge in [-0.2, -0.15) is 0 Å². The summed E-state index contributed by atoms with van der Waals surface area (Å²) >= 11 is 3.60. The van der Waals surface area contributed by atoms with Crippen LogP contribution >= 0.6 is 22.7 Å². The van der Waals surface area contributed by atoms with Crippen molar-refractivity contribution >= 4 is 85.0 Å². The van der Waals surface area contributed by atoms with Crippen LogP contribution in [0.3, 0.4) is 0 Å². The molecular weight excluding hydrogens is 843 g/mol. The summed E-state index contributed by atoms with van der Waals surface area (Å²) in [6.07, 6.45) is 0. The maximum atomic E-state index is 6.64. The maximum absolute atomic E-state index is 6.64. The first-order valence-electron chi connectivity index (χ1n) is 22.3. The predicted molar refractivity (Wildman–Crippen MR) is 278 cm³/mol. The minimum absolute atomic E-state index is 0.117. The van der Waals surface area contributed by atoms with Crippen molar-refractivity contribution < 1.29 is 4.42 Å². The maximum Gasteiger partial charge on any atom is 0.164 e. The van der Waals surface area contributed by atoms with E-state index in [2.05, 4.69) is 190 Å². The van der Waals surface area contributed by atoms with Crippen LogP contribution < -0.4 is 0 Å². The highest BCUT2D eigenvalue weighted by molar-refractivity contribution is 7.26. The Balaban J connectivity index is 0.949. The lowest BCUT2D eigenvalue weighted by Crippen LogP contribution is -2.16. The van der Waals surface area contributed by atoms with Crippen LogP contribution in [0.4, 0.5) is 0 Å². The zero-order chi connectivity index (χ0) is 43.7. The van der Waals surface area contributed by atoms with Crippen molar-refractivity contribution in [3.05, 3.63) is 199 Å². The number of hydrogen-bond acceptors (Lipinski definition) is 6. The molecule has 1 aliphatic carbocycles. The molecule has 4 nitrogen and oxygen atoms in total. The fraction of sp³-hybridized carbons (Fsp3) is 0.0500. The molecule has 13 aromatic rings. The molecule has 4 heterocycles. The van der Waals surface area contributed by atoms with Gasteiger partial charge in [-0.15, -0.1) is 22.7 Å². The molecule has 0 aliphatic heterocycles. The van der Waals surface area contributed by atoms with Crippen molar-refractivity contribution in [2.45, 2.75) is 19.3 Å². The van der Waals surface area contributed by atoms with Crippen molar-refractivity contribution in [1.29, 1.82) is 0 Å². The quantitative estimate of drug-likeness (QED) is 0.173. The Kier molecular flexibility index (Phi) is 8.04. The molecule has 1 aliphatic rings. The lowest BCUT2D eigenvalue weighted by Gasteiger charge is -2.24. The second-order valence-corrected chi connectivity index (χ2v) is 20.0. The van der Waals surface area contributed by atoms with E-state index < -0.39 is 0 Å². The second kappa shape index (κ2) is 14.1. The molecule has 0 fully saturated rings. The van der Waals surface area contributed by atoms with Crippen LogP contribution in [0, 0.1) is 0 Å². The molecule has 14 rings (SSSR count). The van der Waals surface area contributed by atoms with Crippen molar-refractivity contribution in [2.24, 2.45) is 0 Å². The SMILES string of the molecule is CC1(C)c2ccccc2-c2cccc(-c3cccc(-c4ccc5oc6cccc(-c7nc(-c8ccc9c(c8)sc8ccccc89)nc(-c8cccc9sc%10ccccc%10c89)n7)c6c5c4)c3)c21. The Bertz CT molecular complexity index is 4170. The number of benzene rings is 9. The molecule has 310 valence electrons. The van der Waals surface area contributed by atoms with Crippen molar-refractivity contribution in [1.82, 2.24) is 15.0 Å². The third-order valence-electron chi connectivity index (χ3n) is 13.7. The highest BCUT2D eigenvalue weighted by atomic mass is 32.1. The summed E-state index contributed by atoms with van der Waals surface area (Å²) in [6.45, 7) is 4.71. The Labute approximate surface area is 388 Å². The van der Waals surface area contributed by atoms with Gasteiger partial charge in [-0.3, -0.25) is 0 Å². The van der Waals surface area contributed by atoms with E-state index in [1.807, 2.05) is 12.1 Å². The highest BCUT2D eigenvalue weighted by Crippen LogP contribution is 2.52. The van der Waals surface area contributed by atoms with Gasteiger partial charge in [0.1, 0.15) is 11.2 Å². The van der Waals surface area contributed by atoms with Gasteiger partial charge in [0.2, 0.25) is 0 Å². The molecule has 0 spiro atoms. The van der Waals surface area contributed by atoms with Gasteiger partial charge >= 0.3 is 0 Å². The van der Waals surface area contributed by atoms with Gasteiger partial charge in [0, 0.05) is 73.2 Å². The normalized spacial score (nSPS) is 13.1.